The van der Waals surface area contributed by atoms with Crippen LogP contribution < -0.4 is 15.4 Å². The van der Waals surface area contributed by atoms with E-state index in [9.17, 15) is 32.3 Å². The Balaban J connectivity index is 1.10. The van der Waals surface area contributed by atoms with Crippen LogP contribution in [0, 0.1) is 17.2 Å². The monoisotopic (exact) mass is 578 g/mol. The molecule has 5 rings (SSSR count). The van der Waals surface area contributed by atoms with Gasteiger partial charge in [0.15, 0.2) is 0 Å². The van der Waals surface area contributed by atoms with Crippen molar-refractivity contribution in [1.29, 1.82) is 0 Å². The van der Waals surface area contributed by atoms with E-state index in [4.69, 9.17) is 4.74 Å². The Hall–Kier alpha value is -3.09. The van der Waals surface area contributed by atoms with Crippen molar-refractivity contribution in [3.63, 3.8) is 0 Å². The number of nitrogens with one attached hydrogen (secondary N) is 2. The van der Waals surface area contributed by atoms with Gasteiger partial charge in [-0.25, -0.2) is 9.37 Å². The normalized spacial score (nSPS) is 23.1. The molecule has 0 radical (unpaired) electrons. The number of amides is 2. The number of hydrogen-bond donors (Lipinski definition) is 3. The van der Waals surface area contributed by atoms with Crippen molar-refractivity contribution in [3.8, 4) is 17.0 Å². The van der Waals surface area contributed by atoms with Crippen LogP contribution in [0.1, 0.15) is 48.9 Å². The molecule has 0 bridgehead atoms. The van der Waals surface area contributed by atoms with Crippen molar-refractivity contribution < 1.29 is 37.0 Å². The molecule has 1 aliphatic carbocycles. The molecule has 2 atom stereocenters. The second-order valence-electron chi connectivity index (χ2n) is 11.3. The highest BCUT2D eigenvalue weighted by Crippen LogP contribution is 2.53. The zero-order valence-corrected chi connectivity index (χ0v) is 22.6. The lowest BCUT2D eigenvalue weighted by molar-refractivity contribution is -0.256. The Morgan fingerprint density at radius 2 is 1.90 bits per heavy atom. The summed E-state index contributed by atoms with van der Waals surface area (Å²) in [6.07, 6.45) is -0.597. The lowest BCUT2D eigenvalue weighted by atomic mass is 9.67. The lowest BCUT2D eigenvalue weighted by Crippen LogP contribution is -2.53. The van der Waals surface area contributed by atoms with Crippen molar-refractivity contribution in [1.82, 2.24) is 20.5 Å². The van der Waals surface area contributed by atoms with Crippen molar-refractivity contribution in [2.24, 2.45) is 11.3 Å². The molecule has 0 spiro atoms. The summed E-state index contributed by atoms with van der Waals surface area (Å²) in [5.74, 6) is -1.53. The van der Waals surface area contributed by atoms with E-state index in [1.54, 1.807) is 12.1 Å². The predicted octanol–water partition coefficient (Wildman–Crippen LogP) is 3.69. The number of likely N-dealkylation sites (tertiary alicyclic amines) is 1. The first-order valence-electron chi connectivity index (χ1n) is 14.0. The molecule has 1 aromatic carbocycles. The Labute approximate surface area is 235 Å². The summed E-state index contributed by atoms with van der Waals surface area (Å²) in [5, 5.41) is 14.8. The molecular weight excluding hydrogens is 544 g/mol. The van der Waals surface area contributed by atoms with Crippen LogP contribution in [0.15, 0.2) is 36.5 Å². The number of rotatable bonds is 8. The maximum absolute atomic E-state index is 14.9. The van der Waals surface area contributed by atoms with Gasteiger partial charge in [-0.2, -0.15) is 13.2 Å². The third-order valence-electron chi connectivity index (χ3n) is 8.60. The average molecular weight is 579 g/mol. The Kier molecular flexibility index (Phi) is 8.62. The van der Waals surface area contributed by atoms with E-state index in [0.717, 1.165) is 18.9 Å². The molecule has 3 aliphatic rings. The molecule has 12 heteroatoms. The summed E-state index contributed by atoms with van der Waals surface area (Å²) in [7, 11) is 0. The number of pyridine rings is 1. The number of nitrogens with zero attached hydrogens (tertiary/aromatic N) is 2. The van der Waals surface area contributed by atoms with Crippen molar-refractivity contribution in [2.75, 3.05) is 32.8 Å². The minimum absolute atomic E-state index is 0.0349. The van der Waals surface area contributed by atoms with Crippen LogP contribution in [0.25, 0.3) is 11.1 Å². The highest BCUT2D eigenvalue weighted by Gasteiger charge is 2.58. The van der Waals surface area contributed by atoms with Crippen molar-refractivity contribution >= 4 is 11.8 Å². The minimum Gasteiger partial charge on any atom is -0.477 e. The SMILES string of the molecule is O=C(NC(=O)[C@H]1NCC[C@@H]1O)c1ccc(-c2ccc(OCC3CCN(CC4(C(F)(F)F)CCC4)CC3)nc2)c(F)c1. The number of aliphatic hydroxyl groups excluding tert-OH is 1. The van der Waals surface area contributed by atoms with Crippen LogP contribution in [0.5, 0.6) is 5.88 Å². The number of carbonyl (C=O) groups excluding carboxylic acids is 2. The van der Waals surface area contributed by atoms with Crippen LogP contribution in [0.3, 0.4) is 0 Å². The molecule has 2 saturated heterocycles. The molecule has 2 aliphatic heterocycles. The van der Waals surface area contributed by atoms with Gasteiger partial charge in [0, 0.05) is 35.5 Å². The molecule has 1 aromatic heterocycles. The fraction of sp³-hybridized carbons (Fsp3) is 0.552. The molecule has 8 nitrogen and oxygen atoms in total. The van der Waals surface area contributed by atoms with Gasteiger partial charge in [0.25, 0.3) is 5.91 Å². The number of imide groups is 1. The van der Waals surface area contributed by atoms with E-state index in [1.807, 2.05) is 4.90 Å². The molecule has 3 N–H and O–H groups in total. The van der Waals surface area contributed by atoms with E-state index in [0.29, 0.717) is 50.5 Å². The molecule has 3 heterocycles. The van der Waals surface area contributed by atoms with Crippen molar-refractivity contribution in [2.45, 2.75) is 56.8 Å². The fourth-order valence-corrected chi connectivity index (χ4v) is 5.81. The number of carbonyl (C=O) groups is 2. The zero-order valence-electron chi connectivity index (χ0n) is 22.6. The molecule has 41 heavy (non-hydrogen) atoms. The van der Waals surface area contributed by atoms with Gasteiger partial charge < -0.3 is 20.1 Å². The predicted molar refractivity (Wildman–Crippen MR) is 142 cm³/mol. The first-order valence-corrected chi connectivity index (χ1v) is 14.0. The Bertz CT molecular complexity index is 1240. The largest absolute Gasteiger partial charge is 0.477 e. The minimum atomic E-state index is -4.15. The van der Waals surface area contributed by atoms with Gasteiger partial charge >= 0.3 is 6.18 Å². The Morgan fingerprint density at radius 3 is 2.46 bits per heavy atom. The number of ether oxygens (including phenoxy) is 1. The van der Waals surface area contributed by atoms with E-state index in [-0.39, 0.29) is 36.4 Å². The lowest BCUT2D eigenvalue weighted by Gasteiger charge is -2.47. The van der Waals surface area contributed by atoms with E-state index < -0.39 is 41.4 Å². The van der Waals surface area contributed by atoms with Crippen molar-refractivity contribution in [3.05, 3.63) is 47.9 Å². The number of benzene rings is 1. The number of aliphatic hydroxyl groups is 1. The molecule has 2 amide bonds. The van der Waals surface area contributed by atoms with E-state index in [2.05, 4.69) is 15.6 Å². The van der Waals surface area contributed by atoms with Crippen LogP contribution in [-0.4, -0.2) is 77.9 Å². The third kappa shape index (κ3) is 6.54. The molecule has 1 saturated carbocycles. The number of aromatic nitrogens is 1. The fourth-order valence-electron chi connectivity index (χ4n) is 5.81. The summed E-state index contributed by atoms with van der Waals surface area (Å²) in [6, 6.07) is 6.24. The second kappa shape index (κ2) is 12.0. The summed E-state index contributed by atoms with van der Waals surface area (Å²) < 4.78 is 61.2. The molecular formula is C29H34F4N4O4. The first kappa shape index (κ1) is 29.4. The maximum atomic E-state index is 14.9. The van der Waals surface area contributed by atoms with Gasteiger partial charge in [-0.15, -0.1) is 0 Å². The molecule has 3 fully saturated rings. The van der Waals surface area contributed by atoms with E-state index in [1.165, 1.54) is 18.3 Å². The molecule has 2 aromatic rings. The van der Waals surface area contributed by atoms with Crippen LogP contribution in [0.4, 0.5) is 17.6 Å². The molecule has 0 unspecified atom stereocenters. The van der Waals surface area contributed by atoms with Gasteiger partial charge in [0.2, 0.25) is 11.8 Å². The topological polar surface area (TPSA) is 104 Å². The average Bonchev–Trinajstić information content (AvgIpc) is 3.35. The summed E-state index contributed by atoms with van der Waals surface area (Å²) in [4.78, 5) is 30.8. The van der Waals surface area contributed by atoms with Crippen LogP contribution in [0.2, 0.25) is 0 Å². The summed E-state index contributed by atoms with van der Waals surface area (Å²) >= 11 is 0. The van der Waals surface area contributed by atoms with Gasteiger partial charge in [-0.05, 0) is 75.9 Å². The number of halogens is 4. The number of piperidine rings is 1. The van der Waals surface area contributed by atoms with E-state index >= 15 is 0 Å². The smallest absolute Gasteiger partial charge is 0.395 e. The van der Waals surface area contributed by atoms with Gasteiger partial charge in [0.05, 0.1) is 18.1 Å². The summed E-state index contributed by atoms with van der Waals surface area (Å²) in [5.41, 5.74) is -0.883. The maximum Gasteiger partial charge on any atom is 0.395 e. The summed E-state index contributed by atoms with van der Waals surface area (Å²) in [6.45, 7) is 2.16. The zero-order chi connectivity index (χ0) is 29.2. The standard InChI is InChI=1S/C29H34F4N4O4/c30-22-14-19(26(39)36-27(40)25-23(38)6-11-34-25)2-4-21(22)20-3-5-24(35-15-20)41-16-18-7-12-37(13-8-18)17-28(9-1-10-28)29(31,32)33/h2-5,14-15,18,23,25,34,38H,1,6-13,16-17H2,(H,36,39,40)/t23-,25-/m0/s1. The third-order valence-corrected chi connectivity index (χ3v) is 8.60. The van der Waals surface area contributed by atoms with Gasteiger partial charge in [-0.1, -0.05) is 12.5 Å². The van der Waals surface area contributed by atoms with Gasteiger partial charge in [0.1, 0.15) is 11.9 Å². The Morgan fingerprint density at radius 1 is 1.15 bits per heavy atom. The molecule has 222 valence electrons. The number of hydrogen-bond acceptors (Lipinski definition) is 7. The highest BCUT2D eigenvalue weighted by molar-refractivity contribution is 6.06. The second-order valence-corrected chi connectivity index (χ2v) is 11.3. The first-order chi connectivity index (χ1) is 19.5. The number of alkyl halides is 3. The van der Waals surface area contributed by atoms with Crippen LogP contribution >= 0.6 is 0 Å². The highest BCUT2D eigenvalue weighted by atomic mass is 19.4. The van der Waals surface area contributed by atoms with Gasteiger partial charge in [-0.3, -0.25) is 14.9 Å². The van der Waals surface area contributed by atoms with Crippen LogP contribution in [-0.2, 0) is 4.79 Å². The quantitative estimate of drug-likeness (QED) is 0.324.